The fraction of sp³-hybridized carbons (Fsp3) is 0.688. The van der Waals surface area contributed by atoms with E-state index < -0.39 is 0 Å². The van der Waals surface area contributed by atoms with Gasteiger partial charge in [-0.15, -0.1) is 0 Å². The van der Waals surface area contributed by atoms with Crippen molar-refractivity contribution in [3.8, 4) is 0 Å². The number of pyridine rings is 1. The van der Waals surface area contributed by atoms with E-state index in [0.717, 1.165) is 24.9 Å². The lowest BCUT2D eigenvalue weighted by Gasteiger charge is -2.23. The van der Waals surface area contributed by atoms with Gasteiger partial charge >= 0.3 is 0 Å². The van der Waals surface area contributed by atoms with Crippen LogP contribution in [0.15, 0.2) is 18.3 Å². The number of hydrogen-bond donors (Lipinski definition) is 1. The van der Waals surface area contributed by atoms with Gasteiger partial charge in [-0.05, 0) is 51.7 Å². The van der Waals surface area contributed by atoms with Crippen molar-refractivity contribution < 1.29 is 0 Å². The second-order valence-electron chi connectivity index (χ2n) is 6.55. The number of nitrogens with one attached hydrogen (secondary N) is 1. The summed E-state index contributed by atoms with van der Waals surface area (Å²) in [6, 6.07) is 5.12. The minimum absolute atomic E-state index is 0.154. The predicted molar refractivity (Wildman–Crippen MR) is 81.5 cm³/mol. The molecule has 0 amide bonds. The average Bonchev–Trinajstić information content (AvgIpc) is 3.18. The molecule has 106 valence electrons. The van der Waals surface area contributed by atoms with Gasteiger partial charge < -0.3 is 10.2 Å². The third kappa shape index (κ3) is 4.50. The minimum atomic E-state index is 0.154. The number of nitrogens with zero attached hydrogens (tertiary/aromatic N) is 2. The van der Waals surface area contributed by atoms with E-state index in [9.17, 15) is 0 Å². The molecule has 1 aliphatic carbocycles. The van der Waals surface area contributed by atoms with E-state index in [0.29, 0.717) is 0 Å². The molecule has 19 heavy (non-hydrogen) atoms. The molecule has 1 N–H and O–H groups in total. The lowest BCUT2D eigenvalue weighted by atomic mass is 10.1. The lowest BCUT2D eigenvalue weighted by molar-refractivity contribution is 0.424. The Morgan fingerprint density at radius 2 is 2.05 bits per heavy atom. The summed E-state index contributed by atoms with van der Waals surface area (Å²) < 4.78 is 0. The van der Waals surface area contributed by atoms with Gasteiger partial charge in [0.1, 0.15) is 5.82 Å². The summed E-state index contributed by atoms with van der Waals surface area (Å²) in [6.45, 7) is 10.8. The molecule has 1 heterocycles. The van der Waals surface area contributed by atoms with Crippen LogP contribution in [-0.2, 0) is 6.54 Å². The van der Waals surface area contributed by atoms with Crippen molar-refractivity contribution in [1.82, 2.24) is 10.3 Å². The highest BCUT2D eigenvalue weighted by atomic mass is 15.2. The molecule has 3 nitrogen and oxygen atoms in total. The van der Waals surface area contributed by atoms with Crippen LogP contribution in [0.2, 0.25) is 0 Å². The van der Waals surface area contributed by atoms with Crippen LogP contribution in [0.25, 0.3) is 0 Å². The van der Waals surface area contributed by atoms with Gasteiger partial charge in [0.15, 0.2) is 0 Å². The summed E-state index contributed by atoms with van der Waals surface area (Å²) in [5, 5.41) is 3.49. The zero-order valence-corrected chi connectivity index (χ0v) is 12.7. The monoisotopic (exact) mass is 261 g/mol. The van der Waals surface area contributed by atoms with Crippen molar-refractivity contribution in [3.63, 3.8) is 0 Å². The fourth-order valence-corrected chi connectivity index (χ4v) is 2.17. The highest BCUT2D eigenvalue weighted by Crippen LogP contribution is 2.30. The molecule has 3 heteroatoms. The van der Waals surface area contributed by atoms with E-state index in [4.69, 9.17) is 0 Å². The molecule has 0 saturated heterocycles. The Labute approximate surface area is 117 Å². The Bertz CT molecular complexity index is 387. The van der Waals surface area contributed by atoms with Crippen LogP contribution < -0.4 is 10.2 Å². The molecule has 0 aromatic carbocycles. The van der Waals surface area contributed by atoms with Gasteiger partial charge in [0.2, 0.25) is 0 Å². The molecule has 0 atom stereocenters. The summed E-state index contributed by atoms with van der Waals surface area (Å²) in [5.74, 6) is 1.14. The molecule has 0 bridgehead atoms. The molecule has 0 unspecified atom stereocenters. The maximum atomic E-state index is 4.65. The third-order valence-corrected chi connectivity index (χ3v) is 3.38. The van der Waals surface area contributed by atoms with E-state index in [2.05, 4.69) is 55.0 Å². The number of rotatable bonds is 6. The molecule has 1 saturated carbocycles. The van der Waals surface area contributed by atoms with Gasteiger partial charge in [0, 0.05) is 30.9 Å². The first kappa shape index (κ1) is 14.3. The summed E-state index contributed by atoms with van der Waals surface area (Å²) >= 11 is 0. The first-order valence-corrected chi connectivity index (χ1v) is 7.46. The van der Waals surface area contributed by atoms with Crippen LogP contribution in [0.3, 0.4) is 0 Å². The SMILES string of the molecule is CCCN(c1ccc(CNC(C)(C)C)cn1)C1CC1. The first-order chi connectivity index (χ1) is 8.99. The summed E-state index contributed by atoms with van der Waals surface area (Å²) in [5.41, 5.74) is 1.41. The Balaban J connectivity index is 1.96. The van der Waals surface area contributed by atoms with Gasteiger partial charge in [-0.25, -0.2) is 4.98 Å². The van der Waals surface area contributed by atoms with Crippen molar-refractivity contribution in [1.29, 1.82) is 0 Å². The summed E-state index contributed by atoms with van der Waals surface area (Å²) in [7, 11) is 0. The van der Waals surface area contributed by atoms with Crippen molar-refractivity contribution in [2.24, 2.45) is 0 Å². The van der Waals surface area contributed by atoms with Crippen molar-refractivity contribution in [3.05, 3.63) is 23.9 Å². The molecule has 1 aromatic heterocycles. The zero-order chi connectivity index (χ0) is 13.9. The smallest absolute Gasteiger partial charge is 0.128 e. The van der Waals surface area contributed by atoms with Crippen LogP contribution in [0, 0.1) is 0 Å². The van der Waals surface area contributed by atoms with Crippen LogP contribution in [-0.4, -0.2) is 23.1 Å². The predicted octanol–water partition coefficient (Wildman–Crippen LogP) is 3.35. The normalized spacial score (nSPS) is 15.6. The van der Waals surface area contributed by atoms with E-state index >= 15 is 0 Å². The Morgan fingerprint density at radius 3 is 2.53 bits per heavy atom. The van der Waals surface area contributed by atoms with Gasteiger partial charge in [0.05, 0.1) is 0 Å². The molecule has 0 spiro atoms. The maximum absolute atomic E-state index is 4.65. The second kappa shape index (κ2) is 5.91. The highest BCUT2D eigenvalue weighted by Gasteiger charge is 2.29. The minimum Gasteiger partial charge on any atom is -0.354 e. The van der Waals surface area contributed by atoms with E-state index in [1.807, 2.05) is 6.20 Å². The number of anilines is 1. The van der Waals surface area contributed by atoms with Gasteiger partial charge in [-0.2, -0.15) is 0 Å². The molecule has 1 aliphatic rings. The van der Waals surface area contributed by atoms with Gasteiger partial charge in [-0.1, -0.05) is 13.0 Å². The molecule has 0 aliphatic heterocycles. The molecule has 2 rings (SSSR count). The van der Waals surface area contributed by atoms with E-state index in [1.165, 1.54) is 24.8 Å². The summed E-state index contributed by atoms with van der Waals surface area (Å²) in [4.78, 5) is 7.10. The molecule has 0 radical (unpaired) electrons. The van der Waals surface area contributed by atoms with Crippen LogP contribution in [0.5, 0.6) is 0 Å². The summed E-state index contributed by atoms with van der Waals surface area (Å²) in [6.07, 6.45) is 5.86. The van der Waals surface area contributed by atoms with E-state index in [1.54, 1.807) is 0 Å². The largest absolute Gasteiger partial charge is 0.354 e. The first-order valence-electron chi connectivity index (χ1n) is 7.46. The van der Waals surface area contributed by atoms with Crippen LogP contribution in [0.4, 0.5) is 5.82 Å². The molecular formula is C16H27N3. The molecule has 1 aromatic rings. The van der Waals surface area contributed by atoms with Gasteiger partial charge in [-0.3, -0.25) is 0 Å². The van der Waals surface area contributed by atoms with Crippen molar-refractivity contribution >= 4 is 5.82 Å². The number of hydrogen-bond acceptors (Lipinski definition) is 3. The van der Waals surface area contributed by atoms with Crippen molar-refractivity contribution in [2.75, 3.05) is 11.4 Å². The fourth-order valence-electron chi connectivity index (χ4n) is 2.17. The standard InChI is InChI=1S/C16H27N3/c1-5-10-19(14-7-8-14)15-9-6-13(11-17-15)12-18-16(2,3)4/h6,9,11,14,18H,5,7-8,10,12H2,1-4H3. The molecule has 1 fully saturated rings. The van der Waals surface area contributed by atoms with E-state index in [-0.39, 0.29) is 5.54 Å². The van der Waals surface area contributed by atoms with Gasteiger partial charge in [0.25, 0.3) is 0 Å². The Morgan fingerprint density at radius 1 is 1.32 bits per heavy atom. The lowest BCUT2D eigenvalue weighted by Crippen LogP contribution is -2.35. The Hall–Kier alpha value is -1.09. The highest BCUT2D eigenvalue weighted by molar-refractivity contribution is 5.42. The molecular weight excluding hydrogens is 234 g/mol. The van der Waals surface area contributed by atoms with Crippen LogP contribution in [0.1, 0.15) is 52.5 Å². The quantitative estimate of drug-likeness (QED) is 0.851. The average molecular weight is 261 g/mol. The Kier molecular flexibility index (Phi) is 4.46. The second-order valence-corrected chi connectivity index (χ2v) is 6.55. The third-order valence-electron chi connectivity index (χ3n) is 3.38. The zero-order valence-electron chi connectivity index (χ0n) is 12.7. The van der Waals surface area contributed by atoms with Crippen molar-refractivity contribution in [2.45, 2.75) is 65.1 Å². The topological polar surface area (TPSA) is 28.2 Å². The van der Waals surface area contributed by atoms with Crippen LogP contribution >= 0.6 is 0 Å². The maximum Gasteiger partial charge on any atom is 0.128 e. The number of aromatic nitrogens is 1.